The van der Waals surface area contributed by atoms with Gasteiger partial charge in [0.25, 0.3) is 0 Å². The van der Waals surface area contributed by atoms with Crippen LogP contribution in [0.25, 0.3) is 0 Å². The Labute approximate surface area is 71.4 Å². The molecular formula is C7H16N2O3. The maximum atomic E-state index is 8.86. The molecule has 0 spiro atoms. The van der Waals surface area contributed by atoms with E-state index in [0.717, 1.165) is 0 Å². The zero-order valence-electron chi connectivity index (χ0n) is 6.90. The van der Waals surface area contributed by atoms with E-state index in [2.05, 4.69) is 10.6 Å². The fourth-order valence-electron chi connectivity index (χ4n) is 1.46. The molecule has 0 saturated carbocycles. The molecule has 0 bridgehead atoms. The van der Waals surface area contributed by atoms with Crippen LogP contribution in [0.4, 0.5) is 0 Å². The van der Waals surface area contributed by atoms with Gasteiger partial charge in [0.2, 0.25) is 0 Å². The largest absolute Gasteiger partial charge is 0.395 e. The van der Waals surface area contributed by atoms with Crippen molar-refractivity contribution in [1.82, 2.24) is 10.6 Å². The minimum Gasteiger partial charge on any atom is -0.395 e. The van der Waals surface area contributed by atoms with Crippen LogP contribution in [0, 0.1) is 0 Å². The molecule has 12 heavy (non-hydrogen) atoms. The van der Waals surface area contributed by atoms with Crippen molar-refractivity contribution >= 4 is 0 Å². The van der Waals surface area contributed by atoms with Gasteiger partial charge >= 0.3 is 0 Å². The predicted molar refractivity (Wildman–Crippen MR) is 43.5 cm³/mol. The van der Waals surface area contributed by atoms with Crippen molar-refractivity contribution in [3.8, 4) is 0 Å². The molecule has 1 saturated heterocycles. The van der Waals surface area contributed by atoms with Crippen molar-refractivity contribution in [2.24, 2.45) is 0 Å². The second kappa shape index (κ2) is 4.74. The first-order chi connectivity index (χ1) is 5.80. The van der Waals surface area contributed by atoms with Crippen molar-refractivity contribution in [1.29, 1.82) is 0 Å². The van der Waals surface area contributed by atoms with Crippen molar-refractivity contribution < 1.29 is 15.3 Å². The lowest BCUT2D eigenvalue weighted by Gasteiger charge is -2.35. The van der Waals surface area contributed by atoms with Gasteiger partial charge in [-0.1, -0.05) is 0 Å². The summed E-state index contributed by atoms with van der Waals surface area (Å²) in [6.07, 6.45) is 0.469. The topological polar surface area (TPSA) is 84.8 Å². The van der Waals surface area contributed by atoms with Crippen LogP contribution in [-0.2, 0) is 0 Å². The molecule has 72 valence electrons. The summed E-state index contributed by atoms with van der Waals surface area (Å²) in [5.41, 5.74) is 0. The van der Waals surface area contributed by atoms with Gasteiger partial charge in [-0.2, -0.15) is 0 Å². The maximum Gasteiger partial charge on any atom is 0.0816 e. The zero-order chi connectivity index (χ0) is 8.97. The Morgan fingerprint density at radius 2 is 1.42 bits per heavy atom. The summed E-state index contributed by atoms with van der Waals surface area (Å²) in [4.78, 5) is 0. The van der Waals surface area contributed by atoms with E-state index >= 15 is 0 Å². The van der Waals surface area contributed by atoms with Gasteiger partial charge in [-0.15, -0.1) is 0 Å². The number of nitrogens with one attached hydrogen (secondary N) is 2. The highest BCUT2D eigenvalue weighted by molar-refractivity contribution is 4.85. The summed E-state index contributed by atoms with van der Waals surface area (Å²) < 4.78 is 0. The normalized spacial score (nSPS) is 36.8. The highest BCUT2D eigenvalue weighted by atomic mass is 16.3. The van der Waals surface area contributed by atoms with Gasteiger partial charge in [-0.25, -0.2) is 0 Å². The maximum absolute atomic E-state index is 8.86. The van der Waals surface area contributed by atoms with Gasteiger partial charge < -0.3 is 15.3 Å². The van der Waals surface area contributed by atoms with Gasteiger partial charge in [0.05, 0.1) is 26.0 Å². The SMILES string of the molecule is OCC1CC(CO)NC(CO)N1. The molecule has 1 aliphatic heterocycles. The smallest absolute Gasteiger partial charge is 0.0816 e. The van der Waals surface area contributed by atoms with Crippen molar-refractivity contribution in [3.05, 3.63) is 0 Å². The van der Waals surface area contributed by atoms with Crippen LogP contribution in [0.5, 0.6) is 0 Å². The van der Waals surface area contributed by atoms with E-state index in [1.54, 1.807) is 0 Å². The molecule has 0 aliphatic carbocycles. The summed E-state index contributed by atoms with van der Waals surface area (Å²) in [5.74, 6) is 0. The Morgan fingerprint density at radius 1 is 0.917 bits per heavy atom. The van der Waals surface area contributed by atoms with E-state index in [9.17, 15) is 0 Å². The number of hydrogen-bond donors (Lipinski definition) is 5. The van der Waals surface area contributed by atoms with E-state index in [0.29, 0.717) is 6.42 Å². The van der Waals surface area contributed by atoms with Crippen LogP contribution in [0.1, 0.15) is 6.42 Å². The third-order valence-electron chi connectivity index (χ3n) is 2.07. The predicted octanol–water partition coefficient (Wildman–Crippen LogP) is -2.39. The molecule has 1 aliphatic rings. The summed E-state index contributed by atoms with van der Waals surface area (Å²) in [7, 11) is 0. The first kappa shape index (κ1) is 9.88. The quantitative estimate of drug-likeness (QED) is 0.331. The molecular weight excluding hydrogens is 160 g/mol. The van der Waals surface area contributed by atoms with Crippen molar-refractivity contribution in [2.45, 2.75) is 24.7 Å². The fraction of sp³-hybridized carbons (Fsp3) is 1.00. The van der Waals surface area contributed by atoms with Crippen LogP contribution in [0.15, 0.2) is 0 Å². The second-order valence-electron chi connectivity index (χ2n) is 3.06. The molecule has 0 aromatic rings. The number of hydrogen-bond acceptors (Lipinski definition) is 5. The molecule has 5 heteroatoms. The number of rotatable bonds is 3. The average molecular weight is 176 g/mol. The fourth-order valence-corrected chi connectivity index (χ4v) is 1.46. The molecule has 0 radical (unpaired) electrons. The van der Waals surface area contributed by atoms with Crippen LogP contribution in [-0.4, -0.2) is 53.4 Å². The lowest BCUT2D eigenvalue weighted by atomic mass is 10.0. The molecule has 1 heterocycles. The Bertz CT molecular complexity index is 104. The van der Waals surface area contributed by atoms with E-state index in [1.165, 1.54) is 0 Å². The highest BCUT2D eigenvalue weighted by Crippen LogP contribution is 2.05. The van der Waals surface area contributed by atoms with Gasteiger partial charge in [0.1, 0.15) is 0 Å². The van der Waals surface area contributed by atoms with Gasteiger partial charge in [-0.3, -0.25) is 10.6 Å². The molecule has 0 aromatic carbocycles. The zero-order valence-corrected chi connectivity index (χ0v) is 6.90. The van der Waals surface area contributed by atoms with E-state index in [1.807, 2.05) is 0 Å². The van der Waals surface area contributed by atoms with E-state index in [4.69, 9.17) is 15.3 Å². The van der Waals surface area contributed by atoms with E-state index < -0.39 is 0 Å². The summed E-state index contributed by atoms with van der Waals surface area (Å²) >= 11 is 0. The molecule has 1 rings (SSSR count). The van der Waals surface area contributed by atoms with Crippen LogP contribution in [0.2, 0.25) is 0 Å². The molecule has 2 unspecified atom stereocenters. The van der Waals surface area contributed by atoms with Gasteiger partial charge in [0.15, 0.2) is 0 Å². The Balaban J connectivity index is 2.41. The van der Waals surface area contributed by atoms with Crippen molar-refractivity contribution in [3.63, 3.8) is 0 Å². The summed E-state index contributed by atoms with van der Waals surface area (Å²) in [6.45, 7) is 0.0381. The Morgan fingerprint density at radius 3 is 1.75 bits per heavy atom. The van der Waals surface area contributed by atoms with Crippen molar-refractivity contribution in [2.75, 3.05) is 19.8 Å². The first-order valence-corrected chi connectivity index (χ1v) is 4.14. The van der Waals surface area contributed by atoms with Crippen LogP contribution >= 0.6 is 0 Å². The average Bonchev–Trinajstić information content (AvgIpc) is 2.16. The monoisotopic (exact) mass is 176 g/mol. The molecule has 2 atom stereocenters. The lowest BCUT2D eigenvalue weighted by Crippen LogP contribution is -2.61. The van der Waals surface area contributed by atoms with Gasteiger partial charge in [-0.05, 0) is 6.42 Å². The molecule has 0 aromatic heterocycles. The summed E-state index contributed by atoms with van der Waals surface area (Å²) in [5, 5.41) is 32.5. The molecule has 5 N–H and O–H groups in total. The Kier molecular flexibility index (Phi) is 3.90. The minimum absolute atomic E-state index is 0.0273. The molecule has 1 fully saturated rings. The molecule has 5 nitrogen and oxygen atoms in total. The first-order valence-electron chi connectivity index (χ1n) is 4.14. The lowest BCUT2D eigenvalue weighted by molar-refractivity contribution is 0.101. The van der Waals surface area contributed by atoms with Gasteiger partial charge in [0, 0.05) is 12.1 Å². The van der Waals surface area contributed by atoms with Crippen LogP contribution in [0.3, 0.4) is 0 Å². The van der Waals surface area contributed by atoms with E-state index in [-0.39, 0.29) is 38.1 Å². The van der Waals surface area contributed by atoms with Crippen LogP contribution < -0.4 is 10.6 Å². The number of aliphatic hydroxyl groups excluding tert-OH is 3. The standard InChI is InChI=1S/C7H16N2O3/c10-2-5-1-6(3-11)9-7(4-12)8-5/h5-12H,1-4H2. The molecule has 0 amide bonds. The summed E-state index contributed by atoms with van der Waals surface area (Å²) in [6, 6.07) is -0.0545. The third kappa shape index (κ3) is 2.40. The third-order valence-corrected chi connectivity index (χ3v) is 2.07. The second-order valence-corrected chi connectivity index (χ2v) is 3.06. The highest BCUT2D eigenvalue weighted by Gasteiger charge is 2.25. The number of aliphatic hydroxyl groups is 3. The minimum atomic E-state index is -0.215. The Hall–Kier alpha value is -0.200.